The lowest BCUT2D eigenvalue weighted by Crippen LogP contribution is -2.31. The van der Waals surface area contributed by atoms with Gasteiger partial charge in [0.25, 0.3) is 5.82 Å². The van der Waals surface area contributed by atoms with Gasteiger partial charge in [-0.25, -0.2) is 9.99 Å². The van der Waals surface area contributed by atoms with Gasteiger partial charge in [-0.1, -0.05) is 31.7 Å². The molecule has 1 heterocycles. The van der Waals surface area contributed by atoms with E-state index in [-0.39, 0.29) is 0 Å². The Kier molecular flexibility index (Phi) is 3.05. The van der Waals surface area contributed by atoms with E-state index >= 15 is 0 Å². The average Bonchev–Trinajstić information content (AvgIpc) is 2.72. The molecule has 82 valence electrons. The van der Waals surface area contributed by atoms with Crippen molar-refractivity contribution in [3.05, 3.63) is 55.1 Å². The second-order valence-corrected chi connectivity index (χ2v) is 3.51. The number of para-hydroxylation sites is 1. The van der Waals surface area contributed by atoms with E-state index in [4.69, 9.17) is 0 Å². The summed E-state index contributed by atoms with van der Waals surface area (Å²) in [6.07, 6.45) is 6.73. The third-order valence-corrected chi connectivity index (χ3v) is 2.49. The second kappa shape index (κ2) is 4.66. The molecule has 0 aliphatic carbocycles. The average molecular weight is 214 g/mol. The molecule has 0 unspecified atom stereocenters. The summed E-state index contributed by atoms with van der Waals surface area (Å²) in [5, 5.41) is 0. The number of anilines is 1. The van der Waals surface area contributed by atoms with Gasteiger partial charge in [-0.15, -0.1) is 4.68 Å². The Bertz CT molecular complexity index is 471. The van der Waals surface area contributed by atoms with Crippen LogP contribution < -0.4 is 9.99 Å². The van der Waals surface area contributed by atoms with E-state index in [9.17, 15) is 0 Å². The molecule has 0 radical (unpaired) electrons. The summed E-state index contributed by atoms with van der Waals surface area (Å²) < 4.78 is 4.02. The molecule has 0 bridgehead atoms. The topological polar surface area (TPSA) is 20.8 Å². The maximum Gasteiger partial charge on any atom is 0.284 e. The van der Waals surface area contributed by atoms with Crippen LogP contribution in [0.3, 0.4) is 0 Å². The molecule has 3 heteroatoms. The summed E-state index contributed by atoms with van der Waals surface area (Å²) in [7, 11) is 0. The first-order chi connectivity index (χ1) is 7.85. The van der Waals surface area contributed by atoms with E-state index in [2.05, 4.69) is 18.9 Å². The minimum Gasteiger partial charge on any atom is -0.224 e. The standard InChI is InChI=1S/C13H16N3/c1-3-13-15(4-2)10-11-16(13)14-12-8-6-5-7-9-12/h4-11,14H,2-3H2,1H3/q+1. The van der Waals surface area contributed by atoms with E-state index < -0.39 is 0 Å². The highest BCUT2D eigenvalue weighted by molar-refractivity contribution is 5.42. The summed E-state index contributed by atoms with van der Waals surface area (Å²) in [6.45, 7) is 5.91. The molecule has 2 aromatic rings. The predicted molar refractivity (Wildman–Crippen MR) is 65.9 cm³/mol. The van der Waals surface area contributed by atoms with Gasteiger partial charge >= 0.3 is 0 Å². The van der Waals surface area contributed by atoms with Gasteiger partial charge in [0.1, 0.15) is 6.20 Å². The Morgan fingerprint density at radius 2 is 2.12 bits per heavy atom. The molecule has 0 aliphatic heterocycles. The lowest BCUT2D eigenvalue weighted by atomic mass is 10.3. The summed E-state index contributed by atoms with van der Waals surface area (Å²) >= 11 is 0. The number of rotatable bonds is 4. The SMILES string of the molecule is C=C[n+]1ccn(Nc2ccccc2)c1CC. The molecule has 0 saturated heterocycles. The summed E-state index contributed by atoms with van der Waals surface area (Å²) in [5.41, 5.74) is 4.40. The van der Waals surface area contributed by atoms with Crippen molar-refractivity contribution in [1.29, 1.82) is 0 Å². The fourth-order valence-electron chi connectivity index (χ4n) is 1.71. The van der Waals surface area contributed by atoms with E-state index in [1.165, 1.54) is 5.82 Å². The van der Waals surface area contributed by atoms with Gasteiger partial charge in [0, 0.05) is 6.42 Å². The van der Waals surface area contributed by atoms with Gasteiger partial charge in [-0.05, 0) is 12.1 Å². The molecule has 0 aliphatic rings. The number of hydrogen-bond donors (Lipinski definition) is 1. The number of imidazole rings is 1. The normalized spacial score (nSPS) is 10.1. The molecule has 1 N–H and O–H groups in total. The fraction of sp³-hybridized carbons (Fsp3) is 0.154. The van der Waals surface area contributed by atoms with E-state index in [1.807, 2.05) is 58.2 Å². The Labute approximate surface area is 95.6 Å². The lowest BCUT2D eigenvalue weighted by Gasteiger charge is -2.03. The molecule has 2 rings (SSSR count). The van der Waals surface area contributed by atoms with Gasteiger partial charge in [0.2, 0.25) is 0 Å². The van der Waals surface area contributed by atoms with Crippen LogP contribution >= 0.6 is 0 Å². The fourth-order valence-corrected chi connectivity index (χ4v) is 1.71. The van der Waals surface area contributed by atoms with Crippen LogP contribution in [0.25, 0.3) is 6.20 Å². The van der Waals surface area contributed by atoms with Crippen molar-refractivity contribution in [3.63, 3.8) is 0 Å². The van der Waals surface area contributed by atoms with E-state index in [0.29, 0.717) is 0 Å². The zero-order valence-corrected chi connectivity index (χ0v) is 9.43. The number of nitrogens with zero attached hydrogens (tertiary/aromatic N) is 2. The smallest absolute Gasteiger partial charge is 0.224 e. The zero-order valence-electron chi connectivity index (χ0n) is 9.43. The quantitative estimate of drug-likeness (QED) is 0.775. The van der Waals surface area contributed by atoms with Crippen LogP contribution in [0, 0.1) is 0 Å². The van der Waals surface area contributed by atoms with Gasteiger partial charge in [-0.2, -0.15) is 0 Å². The molecular weight excluding hydrogens is 198 g/mol. The summed E-state index contributed by atoms with van der Waals surface area (Å²) in [6, 6.07) is 10.1. The Morgan fingerprint density at radius 1 is 1.38 bits per heavy atom. The van der Waals surface area contributed by atoms with Crippen molar-refractivity contribution in [2.75, 3.05) is 5.43 Å². The Balaban J connectivity index is 2.28. The van der Waals surface area contributed by atoms with Crippen LogP contribution in [0.5, 0.6) is 0 Å². The van der Waals surface area contributed by atoms with Gasteiger partial charge in [0.15, 0.2) is 6.20 Å². The largest absolute Gasteiger partial charge is 0.284 e. The minimum atomic E-state index is 0.943. The molecular formula is C13H16N3+. The maximum absolute atomic E-state index is 3.78. The third kappa shape index (κ3) is 1.98. The number of hydrogen-bond acceptors (Lipinski definition) is 1. The number of benzene rings is 1. The van der Waals surface area contributed by atoms with Crippen molar-refractivity contribution in [3.8, 4) is 0 Å². The van der Waals surface area contributed by atoms with Crippen molar-refractivity contribution in [2.45, 2.75) is 13.3 Å². The van der Waals surface area contributed by atoms with Gasteiger partial charge in [0.05, 0.1) is 11.9 Å². The lowest BCUT2D eigenvalue weighted by molar-refractivity contribution is -0.576. The van der Waals surface area contributed by atoms with Crippen LogP contribution in [0.15, 0.2) is 49.3 Å². The molecule has 1 aromatic carbocycles. The van der Waals surface area contributed by atoms with Gasteiger partial charge in [-0.3, -0.25) is 0 Å². The zero-order chi connectivity index (χ0) is 11.4. The second-order valence-electron chi connectivity index (χ2n) is 3.51. The van der Waals surface area contributed by atoms with Gasteiger partial charge < -0.3 is 0 Å². The molecule has 0 fully saturated rings. The van der Waals surface area contributed by atoms with Crippen molar-refractivity contribution >= 4 is 11.9 Å². The Morgan fingerprint density at radius 3 is 2.75 bits per heavy atom. The van der Waals surface area contributed by atoms with Crippen LogP contribution in [0.4, 0.5) is 5.69 Å². The molecule has 1 aromatic heterocycles. The van der Waals surface area contributed by atoms with Crippen LogP contribution in [0.2, 0.25) is 0 Å². The molecule has 0 amide bonds. The van der Waals surface area contributed by atoms with E-state index in [1.54, 1.807) is 0 Å². The van der Waals surface area contributed by atoms with E-state index in [0.717, 1.165) is 12.1 Å². The predicted octanol–water partition coefficient (Wildman–Crippen LogP) is 2.31. The monoisotopic (exact) mass is 214 g/mol. The summed E-state index contributed by atoms with van der Waals surface area (Å²) in [5.74, 6) is 1.17. The number of aromatic nitrogens is 2. The highest BCUT2D eigenvalue weighted by atomic mass is 15.4. The molecule has 0 saturated carbocycles. The highest BCUT2D eigenvalue weighted by Crippen LogP contribution is 2.06. The molecule has 3 nitrogen and oxygen atoms in total. The minimum absolute atomic E-state index is 0.943. The molecule has 0 atom stereocenters. The molecule has 16 heavy (non-hydrogen) atoms. The summed E-state index contributed by atoms with van der Waals surface area (Å²) in [4.78, 5) is 0. The number of nitrogens with one attached hydrogen (secondary N) is 1. The third-order valence-electron chi connectivity index (χ3n) is 2.49. The van der Waals surface area contributed by atoms with Crippen LogP contribution in [-0.4, -0.2) is 4.68 Å². The van der Waals surface area contributed by atoms with Crippen molar-refractivity contribution < 1.29 is 4.57 Å². The first-order valence-corrected chi connectivity index (χ1v) is 5.41. The molecule has 0 spiro atoms. The van der Waals surface area contributed by atoms with Crippen molar-refractivity contribution in [1.82, 2.24) is 4.68 Å². The maximum atomic E-state index is 3.78. The van der Waals surface area contributed by atoms with Crippen LogP contribution in [0.1, 0.15) is 12.7 Å². The first-order valence-electron chi connectivity index (χ1n) is 5.41. The Hall–Kier alpha value is -2.03. The van der Waals surface area contributed by atoms with Crippen molar-refractivity contribution in [2.24, 2.45) is 0 Å². The van der Waals surface area contributed by atoms with Crippen LogP contribution in [-0.2, 0) is 6.42 Å². The highest BCUT2D eigenvalue weighted by Gasteiger charge is 2.12. The first kappa shape index (κ1) is 10.5.